The Labute approximate surface area is 173 Å². The number of carbonyl (C=O) groups is 2. The van der Waals surface area contributed by atoms with Crippen LogP contribution >= 0.6 is 31.9 Å². The molecule has 0 aliphatic heterocycles. The van der Waals surface area contributed by atoms with Crippen LogP contribution in [-0.4, -0.2) is 28.3 Å². The van der Waals surface area contributed by atoms with Gasteiger partial charge < -0.3 is 21.3 Å². The highest BCUT2D eigenvalue weighted by molar-refractivity contribution is 9.11. The van der Waals surface area contributed by atoms with Crippen LogP contribution in [0.5, 0.6) is 11.5 Å². The van der Waals surface area contributed by atoms with E-state index < -0.39 is 11.6 Å². The number of nitrogen functional groups attached to an aromatic ring is 1. The number of nitrogens with two attached hydrogens (primary N) is 1. The number of fused-ring (bicyclic) bond motifs is 2. The fourth-order valence-corrected chi connectivity index (χ4v) is 4.08. The van der Waals surface area contributed by atoms with E-state index in [0.29, 0.717) is 16.7 Å². The SMILES string of the molecule is CCCCCNc1cc(Br)c(O)c2c1C(=O)c1c(O)c(Br)cc(N)c1C2=O. The van der Waals surface area contributed by atoms with E-state index in [-0.39, 0.29) is 43.9 Å². The van der Waals surface area contributed by atoms with E-state index in [1.165, 1.54) is 6.07 Å². The summed E-state index contributed by atoms with van der Waals surface area (Å²) in [7, 11) is 0. The molecule has 3 rings (SSSR count). The highest BCUT2D eigenvalue weighted by atomic mass is 79.9. The van der Waals surface area contributed by atoms with Crippen molar-refractivity contribution in [3.05, 3.63) is 43.3 Å². The largest absolute Gasteiger partial charge is 0.506 e. The Kier molecular flexibility index (Phi) is 5.48. The molecule has 2 aromatic rings. The maximum Gasteiger partial charge on any atom is 0.200 e. The minimum absolute atomic E-state index is 0.0394. The van der Waals surface area contributed by atoms with Gasteiger partial charge in [0.25, 0.3) is 0 Å². The Morgan fingerprint density at radius 1 is 0.926 bits per heavy atom. The Bertz CT molecular complexity index is 973. The van der Waals surface area contributed by atoms with Crippen molar-refractivity contribution in [2.24, 2.45) is 0 Å². The van der Waals surface area contributed by atoms with E-state index in [9.17, 15) is 19.8 Å². The Balaban J connectivity index is 2.21. The highest BCUT2D eigenvalue weighted by Crippen LogP contribution is 2.46. The van der Waals surface area contributed by atoms with Gasteiger partial charge in [0.15, 0.2) is 0 Å². The van der Waals surface area contributed by atoms with Crippen molar-refractivity contribution < 1.29 is 19.8 Å². The number of aromatic hydroxyl groups is 2. The summed E-state index contributed by atoms with van der Waals surface area (Å²) in [5, 5.41) is 24.0. The molecule has 0 saturated heterocycles. The first kappa shape index (κ1) is 19.7. The molecule has 1 aliphatic rings. The summed E-state index contributed by atoms with van der Waals surface area (Å²) in [5.74, 6) is -1.83. The normalized spacial score (nSPS) is 12.7. The van der Waals surface area contributed by atoms with Gasteiger partial charge in [-0.2, -0.15) is 0 Å². The van der Waals surface area contributed by atoms with E-state index in [4.69, 9.17) is 5.73 Å². The molecule has 8 heteroatoms. The summed E-state index contributed by atoms with van der Waals surface area (Å²) in [6.07, 6.45) is 2.96. The lowest BCUT2D eigenvalue weighted by Crippen LogP contribution is -2.24. The van der Waals surface area contributed by atoms with Gasteiger partial charge in [0, 0.05) is 17.9 Å². The van der Waals surface area contributed by atoms with Crippen LogP contribution in [0, 0.1) is 0 Å². The number of hydrogen-bond donors (Lipinski definition) is 4. The van der Waals surface area contributed by atoms with Crippen LogP contribution in [0.3, 0.4) is 0 Å². The first-order valence-corrected chi connectivity index (χ1v) is 10.1. The molecule has 0 spiro atoms. The molecule has 6 nitrogen and oxygen atoms in total. The predicted molar refractivity (Wildman–Crippen MR) is 111 cm³/mol. The van der Waals surface area contributed by atoms with Gasteiger partial charge in [0.05, 0.1) is 31.2 Å². The summed E-state index contributed by atoms with van der Waals surface area (Å²) in [5.41, 5.74) is 6.08. The molecule has 0 unspecified atom stereocenters. The number of rotatable bonds is 5. The van der Waals surface area contributed by atoms with Gasteiger partial charge >= 0.3 is 0 Å². The molecule has 0 aromatic heterocycles. The quantitative estimate of drug-likeness (QED) is 0.233. The minimum Gasteiger partial charge on any atom is -0.506 e. The number of nitrogens with one attached hydrogen (secondary N) is 1. The standard InChI is InChI=1S/C19H18Br2N2O4/c1-2-3-4-5-23-11-7-9(21)17(25)15-13(11)19(27)14-12(18(15)26)10(22)6-8(20)16(14)24/h6-7,23-25H,2-5,22H2,1H3. The molecular formula is C19H18Br2N2O4. The summed E-state index contributed by atoms with van der Waals surface area (Å²) < 4.78 is 0.519. The van der Waals surface area contributed by atoms with Crippen molar-refractivity contribution in [1.82, 2.24) is 0 Å². The van der Waals surface area contributed by atoms with Gasteiger partial charge in [-0.25, -0.2) is 0 Å². The third kappa shape index (κ3) is 3.21. The maximum atomic E-state index is 13.2. The van der Waals surface area contributed by atoms with Crippen LogP contribution in [0.2, 0.25) is 0 Å². The van der Waals surface area contributed by atoms with Gasteiger partial charge in [-0.15, -0.1) is 0 Å². The van der Waals surface area contributed by atoms with E-state index in [0.717, 1.165) is 19.3 Å². The molecule has 0 bridgehead atoms. The number of unbranched alkanes of at least 4 members (excludes halogenated alkanes) is 2. The molecule has 0 heterocycles. The van der Waals surface area contributed by atoms with Crippen LogP contribution in [0.25, 0.3) is 0 Å². The van der Waals surface area contributed by atoms with Gasteiger partial charge in [-0.05, 0) is 50.4 Å². The second kappa shape index (κ2) is 7.52. The zero-order chi connectivity index (χ0) is 19.9. The lowest BCUT2D eigenvalue weighted by molar-refractivity contribution is 0.0975. The van der Waals surface area contributed by atoms with Crippen LogP contribution in [-0.2, 0) is 0 Å². The average Bonchev–Trinajstić information content (AvgIpc) is 2.62. The zero-order valence-electron chi connectivity index (χ0n) is 14.5. The fourth-order valence-electron chi connectivity index (χ4n) is 3.21. The van der Waals surface area contributed by atoms with Crippen LogP contribution < -0.4 is 11.1 Å². The fraction of sp³-hybridized carbons (Fsp3) is 0.263. The van der Waals surface area contributed by atoms with Crippen LogP contribution in [0.4, 0.5) is 11.4 Å². The van der Waals surface area contributed by atoms with Crippen molar-refractivity contribution in [3.8, 4) is 11.5 Å². The Morgan fingerprint density at radius 2 is 1.48 bits per heavy atom. The number of hydrogen-bond acceptors (Lipinski definition) is 6. The summed E-state index contributed by atoms with van der Waals surface area (Å²) in [6.45, 7) is 2.70. The summed E-state index contributed by atoms with van der Waals surface area (Å²) in [4.78, 5) is 26.3. The number of phenols is 2. The summed E-state index contributed by atoms with van der Waals surface area (Å²) >= 11 is 6.39. The average molecular weight is 498 g/mol. The zero-order valence-corrected chi connectivity index (χ0v) is 17.7. The molecular weight excluding hydrogens is 480 g/mol. The molecule has 0 atom stereocenters. The molecule has 0 amide bonds. The predicted octanol–water partition coefficient (Wildman–Crippen LogP) is 4.58. The molecule has 0 radical (unpaired) electrons. The molecule has 1 aliphatic carbocycles. The monoisotopic (exact) mass is 496 g/mol. The number of anilines is 2. The summed E-state index contributed by atoms with van der Waals surface area (Å²) in [6, 6.07) is 2.93. The molecule has 0 saturated carbocycles. The van der Waals surface area contributed by atoms with Crippen molar-refractivity contribution >= 4 is 54.8 Å². The number of halogens is 2. The molecule has 27 heavy (non-hydrogen) atoms. The second-order valence-corrected chi connectivity index (χ2v) is 8.05. The van der Waals surface area contributed by atoms with Crippen LogP contribution in [0.15, 0.2) is 21.1 Å². The Hall–Kier alpha value is -2.06. The number of ketones is 2. The topological polar surface area (TPSA) is 113 Å². The number of phenolic OH excluding ortho intramolecular Hbond substituents is 2. The van der Waals surface area contributed by atoms with E-state index in [1.807, 2.05) is 0 Å². The van der Waals surface area contributed by atoms with Gasteiger partial charge in [0.1, 0.15) is 11.5 Å². The molecule has 142 valence electrons. The lowest BCUT2D eigenvalue weighted by atomic mass is 9.81. The highest BCUT2D eigenvalue weighted by Gasteiger charge is 2.39. The van der Waals surface area contributed by atoms with Gasteiger partial charge in [-0.1, -0.05) is 19.8 Å². The maximum absolute atomic E-state index is 13.2. The molecule has 0 fully saturated rings. The van der Waals surface area contributed by atoms with Crippen molar-refractivity contribution in [2.45, 2.75) is 26.2 Å². The van der Waals surface area contributed by atoms with Crippen molar-refractivity contribution in [1.29, 1.82) is 0 Å². The first-order valence-electron chi connectivity index (χ1n) is 8.49. The van der Waals surface area contributed by atoms with Crippen LogP contribution in [0.1, 0.15) is 58.0 Å². The number of carbonyl (C=O) groups excluding carboxylic acids is 2. The Morgan fingerprint density at radius 3 is 2.11 bits per heavy atom. The van der Waals surface area contributed by atoms with Gasteiger partial charge in [0.2, 0.25) is 11.6 Å². The second-order valence-electron chi connectivity index (χ2n) is 6.34. The molecule has 2 aromatic carbocycles. The van der Waals surface area contributed by atoms with Gasteiger partial charge in [-0.3, -0.25) is 9.59 Å². The van der Waals surface area contributed by atoms with Crippen molar-refractivity contribution in [3.63, 3.8) is 0 Å². The molecule has 5 N–H and O–H groups in total. The van der Waals surface area contributed by atoms with Crippen molar-refractivity contribution in [2.75, 3.05) is 17.6 Å². The number of benzene rings is 2. The first-order chi connectivity index (χ1) is 12.8. The van der Waals surface area contributed by atoms with E-state index in [1.54, 1.807) is 6.07 Å². The third-order valence-electron chi connectivity index (χ3n) is 4.54. The van der Waals surface area contributed by atoms with E-state index in [2.05, 4.69) is 44.1 Å². The minimum atomic E-state index is -0.602. The third-order valence-corrected chi connectivity index (χ3v) is 5.75. The lowest BCUT2D eigenvalue weighted by Gasteiger charge is -2.24. The smallest absolute Gasteiger partial charge is 0.200 e. The van der Waals surface area contributed by atoms with E-state index >= 15 is 0 Å².